The average molecular weight is 270 g/mol. The Morgan fingerprint density at radius 2 is 1.90 bits per heavy atom. The van der Waals surface area contributed by atoms with E-state index in [1.54, 1.807) is 19.1 Å². The molecule has 1 amide bonds. The summed E-state index contributed by atoms with van der Waals surface area (Å²) >= 11 is 0. The first-order chi connectivity index (χ1) is 9.59. The van der Waals surface area contributed by atoms with Crippen molar-refractivity contribution < 1.29 is 9.90 Å². The van der Waals surface area contributed by atoms with Gasteiger partial charge in [-0.2, -0.15) is 0 Å². The predicted octanol–water partition coefficient (Wildman–Crippen LogP) is 2.26. The van der Waals surface area contributed by atoms with Gasteiger partial charge in [0.1, 0.15) is 5.75 Å². The molecular weight excluding hydrogens is 252 g/mol. The highest BCUT2D eigenvalue weighted by Crippen LogP contribution is 2.27. The molecule has 0 heterocycles. The standard InChI is InChI=1S/C16H18N2O2/c1-11-7-8-13(14(17)15(11)19)16(20)18-10-9-12-5-3-2-4-6-12/h2-8,19H,9-10,17H2,1H3,(H,18,20). The summed E-state index contributed by atoms with van der Waals surface area (Å²) in [4.78, 5) is 12.0. The van der Waals surface area contributed by atoms with E-state index in [0.29, 0.717) is 17.7 Å². The van der Waals surface area contributed by atoms with Crippen LogP contribution in [-0.2, 0) is 6.42 Å². The van der Waals surface area contributed by atoms with Crippen molar-refractivity contribution in [3.05, 3.63) is 59.2 Å². The van der Waals surface area contributed by atoms with Gasteiger partial charge in [-0.15, -0.1) is 0 Å². The van der Waals surface area contributed by atoms with Gasteiger partial charge in [0.25, 0.3) is 5.91 Å². The minimum absolute atomic E-state index is 0.0271. The highest BCUT2D eigenvalue weighted by atomic mass is 16.3. The Balaban J connectivity index is 1.97. The first kappa shape index (κ1) is 13.9. The lowest BCUT2D eigenvalue weighted by Crippen LogP contribution is -2.26. The van der Waals surface area contributed by atoms with Gasteiger partial charge in [0, 0.05) is 6.54 Å². The Morgan fingerprint density at radius 1 is 1.20 bits per heavy atom. The predicted molar refractivity (Wildman–Crippen MR) is 79.7 cm³/mol. The summed E-state index contributed by atoms with van der Waals surface area (Å²) in [5.74, 6) is -0.297. The van der Waals surface area contributed by atoms with E-state index in [1.165, 1.54) is 0 Å². The van der Waals surface area contributed by atoms with Crippen molar-refractivity contribution in [3.63, 3.8) is 0 Å². The molecule has 2 aromatic rings. The number of anilines is 1. The van der Waals surface area contributed by atoms with Crippen LogP contribution in [0.3, 0.4) is 0 Å². The number of nitrogens with two attached hydrogens (primary N) is 1. The number of hydrogen-bond donors (Lipinski definition) is 3. The number of nitrogen functional groups attached to an aromatic ring is 1. The first-order valence-corrected chi connectivity index (χ1v) is 6.49. The molecule has 4 heteroatoms. The van der Waals surface area contributed by atoms with Crippen molar-refractivity contribution in [2.75, 3.05) is 12.3 Å². The number of benzene rings is 2. The van der Waals surface area contributed by atoms with Crippen LogP contribution >= 0.6 is 0 Å². The van der Waals surface area contributed by atoms with E-state index in [1.807, 2.05) is 30.3 Å². The largest absolute Gasteiger partial charge is 0.505 e. The number of rotatable bonds is 4. The van der Waals surface area contributed by atoms with E-state index in [0.717, 1.165) is 12.0 Å². The Bertz CT molecular complexity index is 609. The smallest absolute Gasteiger partial charge is 0.253 e. The second-order valence-corrected chi connectivity index (χ2v) is 4.68. The zero-order chi connectivity index (χ0) is 14.5. The summed E-state index contributed by atoms with van der Waals surface area (Å²) in [5.41, 5.74) is 8.01. The number of phenolic OH excluding ortho intramolecular Hbond substituents is 1. The fourth-order valence-electron chi connectivity index (χ4n) is 1.98. The van der Waals surface area contributed by atoms with Gasteiger partial charge >= 0.3 is 0 Å². The molecule has 104 valence electrons. The third kappa shape index (κ3) is 3.09. The van der Waals surface area contributed by atoms with E-state index in [4.69, 9.17) is 5.73 Å². The van der Waals surface area contributed by atoms with Gasteiger partial charge in [-0.25, -0.2) is 0 Å². The summed E-state index contributed by atoms with van der Waals surface area (Å²) < 4.78 is 0. The molecule has 2 aromatic carbocycles. The van der Waals surface area contributed by atoms with Crippen LogP contribution < -0.4 is 11.1 Å². The Labute approximate surface area is 118 Å². The number of carbonyl (C=O) groups is 1. The van der Waals surface area contributed by atoms with Crippen molar-refractivity contribution in [1.29, 1.82) is 0 Å². The molecule has 0 aliphatic heterocycles. The number of nitrogens with one attached hydrogen (secondary N) is 1. The summed E-state index contributed by atoms with van der Waals surface area (Å²) in [6, 6.07) is 13.2. The maximum absolute atomic E-state index is 12.0. The molecule has 0 fully saturated rings. The molecule has 0 unspecified atom stereocenters. The number of aryl methyl sites for hydroxylation is 1. The fourth-order valence-corrected chi connectivity index (χ4v) is 1.98. The molecule has 20 heavy (non-hydrogen) atoms. The van der Waals surface area contributed by atoms with Crippen LogP contribution in [0.5, 0.6) is 5.75 Å². The molecule has 0 spiro atoms. The van der Waals surface area contributed by atoms with Gasteiger partial charge in [-0.1, -0.05) is 36.4 Å². The van der Waals surface area contributed by atoms with Crippen molar-refractivity contribution in [1.82, 2.24) is 5.32 Å². The van der Waals surface area contributed by atoms with Crippen molar-refractivity contribution >= 4 is 11.6 Å². The molecule has 4 nitrogen and oxygen atoms in total. The van der Waals surface area contributed by atoms with Crippen LogP contribution in [0.15, 0.2) is 42.5 Å². The summed E-state index contributed by atoms with van der Waals surface area (Å²) in [6.45, 7) is 2.26. The van der Waals surface area contributed by atoms with Crippen LogP contribution in [0.2, 0.25) is 0 Å². The van der Waals surface area contributed by atoms with E-state index in [-0.39, 0.29) is 17.3 Å². The average Bonchev–Trinajstić information content (AvgIpc) is 2.46. The molecule has 4 N–H and O–H groups in total. The highest BCUT2D eigenvalue weighted by Gasteiger charge is 2.13. The lowest BCUT2D eigenvalue weighted by molar-refractivity contribution is 0.0954. The molecule has 0 aliphatic carbocycles. The second kappa shape index (κ2) is 6.10. The van der Waals surface area contributed by atoms with Gasteiger partial charge in [-0.05, 0) is 30.5 Å². The zero-order valence-corrected chi connectivity index (χ0v) is 11.4. The van der Waals surface area contributed by atoms with Crippen LogP contribution in [0.25, 0.3) is 0 Å². The molecular formula is C16H18N2O2. The SMILES string of the molecule is Cc1ccc(C(=O)NCCc2ccccc2)c(N)c1O. The van der Waals surface area contributed by atoms with E-state index < -0.39 is 0 Å². The highest BCUT2D eigenvalue weighted by molar-refractivity contribution is 6.00. The molecule has 0 saturated heterocycles. The van der Waals surface area contributed by atoms with Gasteiger partial charge < -0.3 is 16.2 Å². The Morgan fingerprint density at radius 3 is 2.60 bits per heavy atom. The van der Waals surface area contributed by atoms with Gasteiger partial charge in [0.2, 0.25) is 0 Å². The lowest BCUT2D eigenvalue weighted by atomic mass is 10.1. The molecule has 2 rings (SSSR count). The number of amides is 1. The van der Waals surface area contributed by atoms with Crippen LogP contribution in [-0.4, -0.2) is 17.6 Å². The minimum Gasteiger partial charge on any atom is -0.505 e. The normalized spacial score (nSPS) is 10.2. The second-order valence-electron chi connectivity index (χ2n) is 4.68. The molecule has 0 aromatic heterocycles. The number of carbonyl (C=O) groups excluding carboxylic acids is 1. The third-order valence-electron chi connectivity index (χ3n) is 3.21. The Hall–Kier alpha value is -2.49. The Kier molecular flexibility index (Phi) is 4.25. The number of aromatic hydroxyl groups is 1. The van der Waals surface area contributed by atoms with E-state index >= 15 is 0 Å². The van der Waals surface area contributed by atoms with Gasteiger partial charge in [0.05, 0.1) is 11.3 Å². The summed E-state index contributed by atoms with van der Waals surface area (Å²) in [5, 5.41) is 12.5. The summed E-state index contributed by atoms with van der Waals surface area (Å²) in [7, 11) is 0. The van der Waals surface area contributed by atoms with Crippen molar-refractivity contribution in [2.45, 2.75) is 13.3 Å². The first-order valence-electron chi connectivity index (χ1n) is 6.49. The lowest BCUT2D eigenvalue weighted by Gasteiger charge is -2.10. The fraction of sp³-hybridized carbons (Fsp3) is 0.188. The van der Waals surface area contributed by atoms with Crippen LogP contribution in [0.1, 0.15) is 21.5 Å². The van der Waals surface area contributed by atoms with E-state index in [9.17, 15) is 9.90 Å². The monoisotopic (exact) mass is 270 g/mol. The van der Waals surface area contributed by atoms with Crippen molar-refractivity contribution in [2.24, 2.45) is 0 Å². The van der Waals surface area contributed by atoms with Gasteiger partial charge in [-0.3, -0.25) is 4.79 Å². The maximum Gasteiger partial charge on any atom is 0.253 e. The van der Waals surface area contributed by atoms with Crippen LogP contribution in [0, 0.1) is 6.92 Å². The number of phenols is 1. The quantitative estimate of drug-likeness (QED) is 0.589. The molecule has 0 aliphatic rings. The third-order valence-corrected chi connectivity index (χ3v) is 3.21. The molecule has 0 atom stereocenters. The minimum atomic E-state index is -0.270. The van der Waals surface area contributed by atoms with Gasteiger partial charge in [0.15, 0.2) is 0 Å². The molecule has 0 bridgehead atoms. The van der Waals surface area contributed by atoms with Crippen LogP contribution in [0.4, 0.5) is 5.69 Å². The molecule has 0 saturated carbocycles. The summed E-state index contributed by atoms with van der Waals surface area (Å²) in [6.07, 6.45) is 0.754. The topological polar surface area (TPSA) is 75.4 Å². The molecule has 0 radical (unpaired) electrons. The van der Waals surface area contributed by atoms with Crippen molar-refractivity contribution in [3.8, 4) is 5.75 Å². The van der Waals surface area contributed by atoms with E-state index in [2.05, 4.69) is 5.32 Å². The maximum atomic E-state index is 12.0. The zero-order valence-electron chi connectivity index (χ0n) is 11.4. The number of hydrogen-bond acceptors (Lipinski definition) is 3.